The molecule has 0 saturated carbocycles. The Morgan fingerprint density at radius 2 is 2.00 bits per heavy atom. The highest BCUT2D eigenvalue weighted by atomic mass is 79.9. The third-order valence-electron chi connectivity index (χ3n) is 5.44. The molecule has 1 heterocycles. The summed E-state index contributed by atoms with van der Waals surface area (Å²) in [6, 6.07) is 13.4. The standard InChI is InChI=1S/C23H21BrO4/c1-3-27-23(26)15-9-10-18-21(20(15)14-7-5-4-6-8-14)22(25)16-12-17(24)13(2)11-19(16)28-18/h4-9,11-12,18,20-21H,3,10H2,1-2H3/t18-,20-,21+/m1/s1. The molecule has 2 aromatic rings. The molecule has 0 N–H and O–H groups in total. The van der Waals surface area contributed by atoms with Crippen molar-refractivity contribution >= 4 is 27.7 Å². The Labute approximate surface area is 172 Å². The number of rotatable bonds is 3. The Bertz CT molecular complexity index is 964. The molecule has 4 rings (SSSR count). The molecule has 0 amide bonds. The normalized spacial score (nSPS) is 23.2. The van der Waals surface area contributed by atoms with Gasteiger partial charge in [0.15, 0.2) is 5.78 Å². The van der Waals surface area contributed by atoms with Gasteiger partial charge >= 0.3 is 5.97 Å². The summed E-state index contributed by atoms with van der Waals surface area (Å²) in [6.07, 6.45) is 2.08. The fourth-order valence-electron chi connectivity index (χ4n) is 4.13. The van der Waals surface area contributed by atoms with Crippen LogP contribution in [0.25, 0.3) is 0 Å². The van der Waals surface area contributed by atoms with Crippen LogP contribution in [0.2, 0.25) is 0 Å². The predicted molar refractivity (Wildman–Crippen MR) is 110 cm³/mol. The summed E-state index contributed by atoms with van der Waals surface area (Å²) in [6.45, 7) is 4.05. The van der Waals surface area contributed by atoms with E-state index in [1.807, 2.05) is 55.5 Å². The minimum atomic E-state index is -0.464. The van der Waals surface area contributed by atoms with Crippen LogP contribution in [0.4, 0.5) is 0 Å². The van der Waals surface area contributed by atoms with Crippen molar-refractivity contribution < 1.29 is 19.1 Å². The van der Waals surface area contributed by atoms with Gasteiger partial charge in [-0.3, -0.25) is 4.79 Å². The van der Waals surface area contributed by atoms with Crippen molar-refractivity contribution in [2.75, 3.05) is 6.61 Å². The number of esters is 1. The van der Waals surface area contributed by atoms with Crippen LogP contribution in [-0.2, 0) is 9.53 Å². The molecule has 4 nitrogen and oxygen atoms in total. The average molecular weight is 441 g/mol. The lowest BCUT2D eigenvalue weighted by Gasteiger charge is -2.40. The lowest BCUT2D eigenvalue weighted by molar-refractivity contribution is -0.139. The van der Waals surface area contributed by atoms with E-state index in [2.05, 4.69) is 15.9 Å². The number of Topliss-reactive ketones (excluding diaryl/α,β-unsaturated/α-hetero) is 1. The largest absolute Gasteiger partial charge is 0.489 e. The first-order chi connectivity index (χ1) is 13.5. The van der Waals surface area contributed by atoms with Crippen molar-refractivity contribution in [1.29, 1.82) is 0 Å². The van der Waals surface area contributed by atoms with Gasteiger partial charge in [0.05, 0.1) is 18.1 Å². The zero-order valence-corrected chi connectivity index (χ0v) is 17.4. The SMILES string of the molecule is CCOC(=O)C1=CC[C@H]2Oc3cc(C)c(Br)cc3C(=O)[C@@H]2[C@@H]1c1ccccc1. The molecule has 2 aromatic carbocycles. The fraction of sp³-hybridized carbons (Fsp3) is 0.304. The van der Waals surface area contributed by atoms with E-state index in [1.54, 1.807) is 6.92 Å². The first kappa shape index (κ1) is 18.9. The van der Waals surface area contributed by atoms with Crippen LogP contribution in [0.1, 0.15) is 40.7 Å². The number of fused-ring (bicyclic) bond motifs is 2. The Kier molecular flexibility index (Phi) is 5.11. The van der Waals surface area contributed by atoms with E-state index in [4.69, 9.17) is 9.47 Å². The van der Waals surface area contributed by atoms with Crippen molar-refractivity contribution in [3.05, 3.63) is 75.3 Å². The highest BCUT2D eigenvalue weighted by Gasteiger charge is 2.47. The lowest BCUT2D eigenvalue weighted by Crippen LogP contribution is -2.45. The smallest absolute Gasteiger partial charge is 0.334 e. The van der Waals surface area contributed by atoms with Crippen molar-refractivity contribution in [1.82, 2.24) is 0 Å². The molecule has 5 heteroatoms. The van der Waals surface area contributed by atoms with E-state index in [1.165, 1.54) is 0 Å². The maximum atomic E-state index is 13.5. The van der Waals surface area contributed by atoms with Crippen LogP contribution in [-0.4, -0.2) is 24.5 Å². The quantitative estimate of drug-likeness (QED) is 0.630. The number of carbonyl (C=O) groups is 2. The molecule has 144 valence electrons. The maximum absolute atomic E-state index is 13.5. The predicted octanol–water partition coefficient (Wildman–Crippen LogP) is 4.99. The number of halogens is 1. The number of hydrogen-bond donors (Lipinski definition) is 0. The molecule has 0 saturated heterocycles. The monoisotopic (exact) mass is 440 g/mol. The number of ketones is 1. The molecule has 1 aliphatic carbocycles. The van der Waals surface area contributed by atoms with E-state index in [-0.39, 0.29) is 23.8 Å². The van der Waals surface area contributed by atoms with E-state index in [0.29, 0.717) is 29.9 Å². The van der Waals surface area contributed by atoms with Crippen molar-refractivity contribution in [2.45, 2.75) is 32.3 Å². The van der Waals surface area contributed by atoms with Crippen LogP contribution in [0.3, 0.4) is 0 Å². The molecule has 2 aliphatic rings. The van der Waals surface area contributed by atoms with E-state index >= 15 is 0 Å². The average Bonchev–Trinajstić information content (AvgIpc) is 2.70. The lowest BCUT2D eigenvalue weighted by atomic mass is 9.69. The molecule has 0 fully saturated rings. The number of aryl methyl sites for hydroxylation is 1. The molecule has 0 unspecified atom stereocenters. The molecular formula is C23H21BrO4. The second kappa shape index (κ2) is 7.55. The summed E-state index contributed by atoms with van der Waals surface area (Å²) >= 11 is 3.51. The van der Waals surface area contributed by atoms with Crippen molar-refractivity contribution in [2.24, 2.45) is 5.92 Å². The summed E-state index contributed by atoms with van der Waals surface area (Å²) in [5.74, 6) is -0.588. The minimum absolute atomic E-state index is 0.00991. The van der Waals surface area contributed by atoms with Gasteiger partial charge in [-0.05, 0) is 37.1 Å². The van der Waals surface area contributed by atoms with Gasteiger partial charge in [-0.2, -0.15) is 0 Å². The molecular weight excluding hydrogens is 420 g/mol. The number of hydrogen-bond acceptors (Lipinski definition) is 4. The van der Waals surface area contributed by atoms with Gasteiger partial charge in [0.1, 0.15) is 11.9 Å². The van der Waals surface area contributed by atoms with E-state index < -0.39 is 5.92 Å². The second-order valence-electron chi connectivity index (χ2n) is 7.15. The Morgan fingerprint density at radius 1 is 1.25 bits per heavy atom. The van der Waals surface area contributed by atoms with Crippen molar-refractivity contribution in [3.63, 3.8) is 0 Å². The van der Waals surface area contributed by atoms with Crippen LogP contribution in [0, 0.1) is 12.8 Å². The zero-order chi connectivity index (χ0) is 19.8. The Balaban J connectivity index is 1.82. The summed E-state index contributed by atoms with van der Waals surface area (Å²) < 4.78 is 12.4. The van der Waals surface area contributed by atoms with Crippen molar-refractivity contribution in [3.8, 4) is 5.75 Å². The molecule has 0 radical (unpaired) electrons. The summed E-state index contributed by atoms with van der Waals surface area (Å²) in [5.41, 5.74) is 3.04. The van der Waals surface area contributed by atoms with Gasteiger partial charge in [-0.15, -0.1) is 0 Å². The van der Waals surface area contributed by atoms with Gasteiger partial charge in [-0.1, -0.05) is 52.3 Å². The number of benzene rings is 2. The molecule has 0 aromatic heterocycles. The summed E-state index contributed by atoms with van der Waals surface area (Å²) in [4.78, 5) is 26.2. The van der Waals surface area contributed by atoms with Gasteiger partial charge < -0.3 is 9.47 Å². The highest BCUT2D eigenvalue weighted by molar-refractivity contribution is 9.10. The topological polar surface area (TPSA) is 52.6 Å². The van der Waals surface area contributed by atoms with E-state index in [9.17, 15) is 9.59 Å². The first-order valence-electron chi connectivity index (χ1n) is 9.44. The van der Waals surface area contributed by atoms with Crippen LogP contribution in [0.15, 0.2) is 58.6 Å². The van der Waals surface area contributed by atoms with E-state index in [0.717, 1.165) is 15.6 Å². The highest BCUT2D eigenvalue weighted by Crippen LogP contribution is 2.47. The third kappa shape index (κ3) is 3.18. The molecule has 28 heavy (non-hydrogen) atoms. The van der Waals surface area contributed by atoms with Crippen LogP contribution >= 0.6 is 15.9 Å². The summed E-state index contributed by atoms with van der Waals surface area (Å²) in [5, 5.41) is 0. The number of ether oxygens (including phenoxy) is 2. The van der Waals surface area contributed by atoms with Gasteiger partial charge in [0.25, 0.3) is 0 Å². The second-order valence-corrected chi connectivity index (χ2v) is 8.00. The molecule has 3 atom stereocenters. The van der Waals surface area contributed by atoms with Gasteiger partial charge in [0.2, 0.25) is 0 Å². The zero-order valence-electron chi connectivity index (χ0n) is 15.8. The Hall–Kier alpha value is -2.40. The third-order valence-corrected chi connectivity index (χ3v) is 6.30. The van der Waals surface area contributed by atoms with Gasteiger partial charge in [0, 0.05) is 22.4 Å². The number of carbonyl (C=O) groups excluding carboxylic acids is 2. The Morgan fingerprint density at radius 3 is 2.71 bits per heavy atom. The molecule has 1 aliphatic heterocycles. The molecule has 0 bridgehead atoms. The van der Waals surface area contributed by atoms with Crippen LogP contribution < -0.4 is 4.74 Å². The summed E-state index contributed by atoms with van der Waals surface area (Å²) in [7, 11) is 0. The minimum Gasteiger partial charge on any atom is -0.489 e. The molecule has 0 spiro atoms. The maximum Gasteiger partial charge on any atom is 0.334 e. The first-order valence-corrected chi connectivity index (χ1v) is 10.2. The van der Waals surface area contributed by atoms with Gasteiger partial charge in [-0.25, -0.2) is 4.79 Å². The van der Waals surface area contributed by atoms with Crippen LogP contribution in [0.5, 0.6) is 5.75 Å². The fourth-order valence-corrected chi connectivity index (χ4v) is 4.47.